The van der Waals surface area contributed by atoms with Crippen LogP contribution in [0.15, 0.2) is 48.5 Å². The fraction of sp³-hybridized carbons (Fsp3) is 0.222. The van der Waals surface area contributed by atoms with Crippen LogP contribution in [0.3, 0.4) is 0 Å². The van der Waals surface area contributed by atoms with Gasteiger partial charge in [0.1, 0.15) is 0 Å². The van der Waals surface area contributed by atoms with Crippen LogP contribution in [0.25, 0.3) is 0 Å². The standard InChI is InChI=1S/C18H18ClN3O4/c1-12(14-4-3-5-16(10-14)22(25)26)21(2)17(23)11-20-18(24)13-6-8-15(19)9-7-13/h3-10,12H,11H2,1-2H3,(H,20,24)/t12-/m1/s1. The third-order valence-electron chi connectivity index (χ3n) is 4.04. The van der Waals surface area contributed by atoms with E-state index >= 15 is 0 Å². The van der Waals surface area contributed by atoms with Crippen molar-refractivity contribution >= 4 is 29.1 Å². The summed E-state index contributed by atoms with van der Waals surface area (Å²) >= 11 is 5.77. The molecule has 0 radical (unpaired) electrons. The van der Waals surface area contributed by atoms with E-state index in [1.807, 2.05) is 0 Å². The molecule has 7 nitrogen and oxygen atoms in total. The largest absolute Gasteiger partial charge is 0.343 e. The van der Waals surface area contributed by atoms with E-state index in [2.05, 4.69) is 5.32 Å². The zero-order chi connectivity index (χ0) is 19.3. The summed E-state index contributed by atoms with van der Waals surface area (Å²) in [5.74, 6) is -0.697. The van der Waals surface area contributed by atoms with Crippen molar-refractivity contribution in [1.82, 2.24) is 10.2 Å². The van der Waals surface area contributed by atoms with Crippen LogP contribution in [-0.2, 0) is 4.79 Å². The molecule has 136 valence electrons. The number of rotatable bonds is 6. The van der Waals surface area contributed by atoms with Gasteiger partial charge < -0.3 is 10.2 Å². The zero-order valence-electron chi connectivity index (χ0n) is 14.3. The van der Waals surface area contributed by atoms with E-state index < -0.39 is 4.92 Å². The molecule has 0 saturated heterocycles. The van der Waals surface area contributed by atoms with Gasteiger partial charge in [0.2, 0.25) is 5.91 Å². The van der Waals surface area contributed by atoms with Crippen molar-refractivity contribution in [3.05, 3.63) is 74.8 Å². The van der Waals surface area contributed by atoms with Crippen molar-refractivity contribution in [3.63, 3.8) is 0 Å². The molecule has 1 atom stereocenters. The second-order valence-corrected chi connectivity index (χ2v) is 6.16. The van der Waals surface area contributed by atoms with Gasteiger partial charge in [0.25, 0.3) is 11.6 Å². The fourth-order valence-electron chi connectivity index (χ4n) is 2.32. The van der Waals surface area contributed by atoms with Crippen LogP contribution in [0.4, 0.5) is 5.69 Å². The Morgan fingerprint density at radius 1 is 1.23 bits per heavy atom. The van der Waals surface area contributed by atoms with Gasteiger partial charge in [0.15, 0.2) is 0 Å². The Kier molecular flexibility index (Phi) is 6.30. The Labute approximate surface area is 155 Å². The predicted molar refractivity (Wildman–Crippen MR) is 98.1 cm³/mol. The molecule has 0 saturated carbocycles. The van der Waals surface area contributed by atoms with Crippen molar-refractivity contribution in [1.29, 1.82) is 0 Å². The van der Waals surface area contributed by atoms with E-state index in [1.165, 1.54) is 17.0 Å². The number of halogens is 1. The van der Waals surface area contributed by atoms with Gasteiger partial charge in [-0.25, -0.2) is 0 Å². The van der Waals surface area contributed by atoms with Crippen molar-refractivity contribution in [2.75, 3.05) is 13.6 Å². The summed E-state index contributed by atoms with van der Waals surface area (Å²) in [5.41, 5.74) is 1.00. The van der Waals surface area contributed by atoms with E-state index in [1.54, 1.807) is 50.4 Å². The van der Waals surface area contributed by atoms with Crippen LogP contribution in [0.1, 0.15) is 28.9 Å². The normalized spacial score (nSPS) is 11.5. The minimum atomic E-state index is -0.482. The third-order valence-corrected chi connectivity index (χ3v) is 4.30. The summed E-state index contributed by atoms with van der Waals surface area (Å²) in [6, 6.07) is 12.1. The summed E-state index contributed by atoms with van der Waals surface area (Å²) < 4.78 is 0. The van der Waals surface area contributed by atoms with Crippen LogP contribution in [-0.4, -0.2) is 35.2 Å². The minimum Gasteiger partial charge on any atom is -0.343 e. The number of hydrogen-bond donors (Lipinski definition) is 1. The molecule has 0 bridgehead atoms. The Balaban J connectivity index is 1.98. The van der Waals surface area contributed by atoms with E-state index in [9.17, 15) is 19.7 Å². The minimum absolute atomic E-state index is 0.0359. The van der Waals surface area contributed by atoms with E-state index in [-0.39, 0.29) is 30.1 Å². The second-order valence-electron chi connectivity index (χ2n) is 5.72. The molecule has 0 unspecified atom stereocenters. The summed E-state index contributed by atoms with van der Waals surface area (Å²) in [6.45, 7) is 1.58. The highest BCUT2D eigenvalue weighted by atomic mass is 35.5. The zero-order valence-corrected chi connectivity index (χ0v) is 15.1. The quantitative estimate of drug-likeness (QED) is 0.619. The molecule has 0 aromatic heterocycles. The summed E-state index contributed by atoms with van der Waals surface area (Å²) in [4.78, 5) is 36.2. The molecule has 0 aliphatic rings. The monoisotopic (exact) mass is 375 g/mol. The molecule has 0 spiro atoms. The average Bonchev–Trinajstić information content (AvgIpc) is 2.65. The number of nitrogens with zero attached hydrogens (tertiary/aromatic N) is 2. The van der Waals surface area contributed by atoms with Gasteiger partial charge in [-0.15, -0.1) is 0 Å². The second kappa shape index (κ2) is 8.44. The molecule has 2 rings (SSSR count). The van der Waals surface area contributed by atoms with Crippen molar-refractivity contribution < 1.29 is 14.5 Å². The molecule has 0 aliphatic carbocycles. The number of nitrogens with one attached hydrogen (secondary N) is 1. The number of hydrogen-bond acceptors (Lipinski definition) is 4. The molecule has 0 fully saturated rings. The molecule has 0 aliphatic heterocycles. The number of likely N-dealkylation sites (N-methyl/N-ethyl adjacent to an activating group) is 1. The summed E-state index contributed by atoms with van der Waals surface area (Å²) in [5, 5.41) is 14.0. The van der Waals surface area contributed by atoms with Crippen LogP contribution in [0.2, 0.25) is 5.02 Å². The van der Waals surface area contributed by atoms with Gasteiger partial charge in [-0.1, -0.05) is 23.7 Å². The number of carbonyl (C=O) groups is 2. The molecular weight excluding hydrogens is 358 g/mol. The molecule has 8 heteroatoms. The van der Waals surface area contributed by atoms with Crippen LogP contribution < -0.4 is 5.32 Å². The maximum absolute atomic E-state index is 12.3. The van der Waals surface area contributed by atoms with E-state index in [4.69, 9.17) is 11.6 Å². The van der Waals surface area contributed by atoms with Crippen molar-refractivity contribution in [2.24, 2.45) is 0 Å². The highest BCUT2D eigenvalue weighted by Gasteiger charge is 2.20. The molecule has 1 N–H and O–H groups in total. The SMILES string of the molecule is C[C@H](c1cccc([N+](=O)[O-])c1)N(C)C(=O)CNC(=O)c1ccc(Cl)cc1. The molecule has 2 amide bonds. The van der Waals surface area contributed by atoms with Crippen molar-refractivity contribution in [3.8, 4) is 0 Å². The maximum atomic E-state index is 12.3. The van der Waals surface area contributed by atoms with Crippen LogP contribution in [0.5, 0.6) is 0 Å². The molecule has 26 heavy (non-hydrogen) atoms. The molecule has 2 aromatic rings. The van der Waals surface area contributed by atoms with Gasteiger partial charge in [-0.2, -0.15) is 0 Å². The van der Waals surface area contributed by atoms with E-state index in [0.717, 1.165) is 0 Å². The molecule has 0 heterocycles. The summed E-state index contributed by atoms with van der Waals surface area (Å²) in [7, 11) is 1.58. The fourth-order valence-corrected chi connectivity index (χ4v) is 2.45. The van der Waals surface area contributed by atoms with Gasteiger partial charge >= 0.3 is 0 Å². The van der Waals surface area contributed by atoms with Gasteiger partial charge in [0, 0.05) is 29.8 Å². The first-order chi connectivity index (χ1) is 12.3. The van der Waals surface area contributed by atoms with Gasteiger partial charge in [0.05, 0.1) is 17.5 Å². The first kappa shape index (κ1) is 19.4. The smallest absolute Gasteiger partial charge is 0.269 e. The molecule has 2 aromatic carbocycles. The predicted octanol–water partition coefficient (Wildman–Crippen LogP) is 3.20. The van der Waals surface area contributed by atoms with Crippen LogP contribution >= 0.6 is 11.6 Å². The number of benzene rings is 2. The third kappa shape index (κ3) is 4.80. The number of nitro benzene ring substituents is 1. The topological polar surface area (TPSA) is 92.6 Å². The van der Waals surface area contributed by atoms with Crippen LogP contribution in [0, 0.1) is 10.1 Å². The van der Waals surface area contributed by atoms with Gasteiger partial charge in [-0.05, 0) is 36.8 Å². The highest BCUT2D eigenvalue weighted by molar-refractivity contribution is 6.30. The number of non-ortho nitro benzene ring substituents is 1. The lowest BCUT2D eigenvalue weighted by Gasteiger charge is -2.25. The Morgan fingerprint density at radius 2 is 1.88 bits per heavy atom. The Bertz CT molecular complexity index is 823. The summed E-state index contributed by atoms with van der Waals surface area (Å²) in [6.07, 6.45) is 0. The van der Waals surface area contributed by atoms with Crippen molar-refractivity contribution in [2.45, 2.75) is 13.0 Å². The Hall–Kier alpha value is -2.93. The number of amides is 2. The maximum Gasteiger partial charge on any atom is 0.269 e. The Morgan fingerprint density at radius 3 is 2.50 bits per heavy atom. The first-order valence-electron chi connectivity index (χ1n) is 7.83. The first-order valence-corrected chi connectivity index (χ1v) is 8.21. The highest BCUT2D eigenvalue weighted by Crippen LogP contribution is 2.22. The number of nitro groups is 1. The van der Waals surface area contributed by atoms with Gasteiger partial charge in [-0.3, -0.25) is 19.7 Å². The number of carbonyl (C=O) groups excluding carboxylic acids is 2. The molecular formula is C18H18ClN3O4. The lowest BCUT2D eigenvalue weighted by atomic mass is 10.1. The lowest BCUT2D eigenvalue weighted by molar-refractivity contribution is -0.384. The lowest BCUT2D eigenvalue weighted by Crippen LogP contribution is -2.39. The average molecular weight is 376 g/mol. The van der Waals surface area contributed by atoms with E-state index in [0.29, 0.717) is 16.1 Å².